The van der Waals surface area contributed by atoms with Gasteiger partial charge in [-0.1, -0.05) is 29.8 Å². The Labute approximate surface area is 171 Å². The van der Waals surface area contributed by atoms with Crippen molar-refractivity contribution in [3.63, 3.8) is 0 Å². The molecule has 0 heterocycles. The molecule has 0 radical (unpaired) electrons. The summed E-state index contributed by atoms with van der Waals surface area (Å²) >= 11 is 6.25. The number of hydrogen-bond donors (Lipinski definition) is 1. The Balaban J connectivity index is 1.67. The maximum absolute atomic E-state index is 12.7. The molecule has 0 aromatic heterocycles. The van der Waals surface area contributed by atoms with E-state index in [1.165, 1.54) is 0 Å². The second kappa shape index (κ2) is 9.30. The fourth-order valence-electron chi connectivity index (χ4n) is 3.35. The minimum absolute atomic E-state index is 0.0128. The largest absolute Gasteiger partial charge is 0.497 e. The number of nitrogens with one attached hydrogen (secondary N) is 1. The van der Waals surface area contributed by atoms with E-state index in [2.05, 4.69) is 10.2 Å². The fourth-order valence-corrected chi connectivity index (χ4v) is 3.65. The van der Waals surface area contributed by atoms with Gasteiger partial charge < -0.3 is 14.8 Å². The van der Waals surface area contributed by atoms with Crippen molar-refractivity contribution in [2.24, 2.45) is 0 Å². The number of carbonyl (C=O) groups is 1. The van der Waals surface area contributed by atoms with Gasteiger partial charge in [0, 0.05) is 23.2 Å². The third kappa shape index (κ3) is 5.18. The van der Waals surface area contributed by atoms with Gasteiger partial charge in [-0.25, -0.2) is 0 Å². The third-order valence-electron chi connectivity index (χ3n) is 5.02. The maximum Gasteiger partial charge on any atom is 0.234 e. The molecule has 1 aliphatic carbocycles. The Morgan fingerprint density at radius 1 is 1.21 bits per heavy atom. The Kier molecular flexibility index (Phi) is 6.81. The van der Waals surface area contributed by atoms with Crippen molar-refractivity contribution in [3.05, 3.63) is 58.6 Å². The molecule has 0 saturated heterocycles. The Morgan fingerprint density at radius 2 is 1.96 bits per heavy atom. The zero-order chi connectivity index (χ0) is 20.1. The number of ether oxygens (including phenoxy) is 2. The lowest BCUT2D eigenvalue weighted by atomic mass is 10.1. The second-order valence-electron chi connectivity index (χ2n) is 7.12. The number of carbonyl (C=O) groups excluding carboxylic acids is 1. The Bertz CT molecular complexity index is 823. The number of amides is 1. The van der Waals surface area contributed by atoms with Gasteiger partial charge in [-0.2, -0.15) is 0 Å². The number of halogens is 1. The van der Waals surface area contributed by atoms with E-state index in [9.17, 15) is 4.79 Å². The second-order valence-corrected chi connectivity index (χ2v) is 7.53. The third-order valence-corrected chi connectivity index (χ3v) is 5.36. The van der Waals surface area contributed by atoms with Crippen LogP contribution in [-0.2, 0) is 11.3 Å². The smallest absolute Gasteiger partial charge is 0.234 e. The lowest BCUT2D eigenvalue weighted by Gasteiger charge is -2.24. The van der Waals surface area contributed by atoms with Crippen LogP contribution in [0.3, 0.4) is 0 Å². The summed E-state index contributed by atoms with van der Waals surface area (Å²) in [5, 5.41) is 3.73. The van der Waals surface area contributed by atoms with Crippen molar-refractivity contribution < 1.29 is 14.3 Å². The molecule has 1 fully saturated rings. The molecule has 2 aromatic carbocycles. The molecule has 6 heteroatoms. The molecule has 5 nitrogen and oxygen atoms in total. The first-order chi connectivity index (χ1) is 13.5. The van der Waals surface area contributed by atoms with E-state index in [-0.39, 0.29) is 11.9 Å². The molecule has 0 bridgehead atoms. The van der Waals surface area contributed by atoms with Crippen molar-refractivity contribution in [1.29, 1.82) is 0 Å². The molecule has 2 aromatic rings. The quantitative estimate of drug-likeness (QED) is 0.683. The van der Waals surface area contributed by atoms with Crippen LogP contribution in [0.15, 0.2) is 42.5 Å². The van der Waals surface area contributed by atoms with Crippen molar-refractivity contribution in [2.75, 3.05) is 20.8 Å². The Morgan fingerprint density at radius 3 is 2.61 bits per heavy atom. The zero-order valence-corrected chi connectivity index (χ0v) is 17.3. The van der Waals surface area contributed by atoms with Crippen LogP contribution in [-0.4, -0.2) is 37.6 Å². The average Bonchev–Trinajstić information content (AvgIpc) is 3.52. The van der Waals surface area contributed by atoms with E-state index in [1.54, 1.807) is 14.2 Å². The van der Waals surface area contributed by atoms with E-state index in [0.717, 1.165) is 35.5 Å². The topological polar surface area (TPSA) is 50.8 Å². The van der Waals surface area contributed by atoms with E-state index in [4.69, 9.17) is 21.1 Å². The highest BCUT2D eigenvalue weighted by molar-refractivity contribution is 6.31. The van der Waals surface area contributed by atoms with Crippen molar-refractivity contribution in [2.45, 2.75) is 38.4 Å². The van der Waals surface area contributed by atoms with Crippen LogP contribution in [0.25, 0.3) is 0 Å². The Hall–Kier alpha value is -2.24. The van der Waals surface area contributed by atoms with Crippen molar-refractivity contribution in [1.82, 2.24) is 10.2 Å². The molecule has 0 spiro atoms. The molecule has 0 aliphatic heterocycles. The summed E-state index contributed by atoms with van der Waals surface area (Å²) in [6.07, 6.45) is 2.22. The number of hydrogen-bond acceptors (Lipinski definition) is 4. The number of methoxy groups -OCH3 is 2. The average molecular weight is 403 g/mol. The molecule has 150 valence electrons. The summed E-state index contributed by atoms with van der Waals surface area (Å²) in [4.78, 5) is 14.9. The first-order valence-corrected chi connectivity index (χ1v) is 9.88. The van der Waals surface area contributed by atoms with Gasteiger partial charge >= 0.3 is 0 Å². The van der Waals surface area contributed by atoms with Gasteiger partial charge in [0.15, 0.2) is 0 Å². The molecular weight excluding hydrogens is 376 g/mol. The van der Waals surface area contributed by atoms with Crippen LogP contribution in [0.5, 0.6) is 11.5 Å². The highest BCUT2D eigenvalue weighted by Gasteiger charge is 2.31. The van der Waals surface area contributed by atoms with E-state index < -0.39 is 0 Å². The minimum Gasteiger partial charge on any atom is -0.497 e. The standard InChI is InChI=1S/C22H27ClN2O3/c1-15(19-6-4-5-7-20(19)23)24-22(26)14-25(17-8-9-17)13-16-12-18(27-2)10-11-21(16)28-3/h4-7,10-12,15,17H,8-9,13-14H2,1-3H3,(H,24,26). The number of nitrogens with zero attached hydrogens (tertiary/aromatic N) is 1. The van der Waals surface area contributed by atoms with Gasteiger partial charge in [-0.15, -0.1) is 0 Å². The summed E-state index contributed by atoms with van der Waals surface area (Å²) in [7, 11) is 3.30. The highest BCUT2D eigenvalue weighted by Crippen LogP contribution is 2.32. The van der Waals surface area contributed by atoms with Gasteiger partial charge in [-0.3, -0.25) is 9.69 Å². The van der Waals surface area contributed by atoms with Crippen LogP contribution in [0.2, 0.25) is 5.02 Å². The summed E-state index contributed by atoms with van der Waals surface area (Å²) in [5.41, 5.74) is 1.94. The number of rotatable bonds is 9. The molecule has 28 heavy (non-hydrogen) atoms. The van der Waals surface area contributed by atoms with Crippen LogP contribution in [0.1, 0.15) is 36.9 Å². The van der Waals surface area contributed by atoms with Gasteiger partial charge in [-0.05, 0) is 49.6 Å². The van der Waals surface area contributed by atoms with Gasteiger partial charge in [0.1, 0.15) is 11.5 Å². The molecule has 1 unspecified atom stereocenters. The van der Waals surface area contributed by atoms with Crippen molar-refractivity contribution >= 4 is 17.5 Å². The molecule has 1 aliphatic rings. The first-order valence-electron chi connectivity index (χ1n) is 9.50. The highest BCUT2D eigenvalue weighted by atomic mass is 35.5. The molecule has 3 rings (SSSR count). The maximum atomic E-state index is 12.7. The SMILES string of the molecule is COc1ccc(OC)c(CN(CC(=O)NC(C)c2ccccc2Cl)C2CC2)c1. The molecular formula is C22H27ClN2O3. The lowest BCUT2D eigenvalue weighted by Crippen LogP contribution is -2.39. The first kappa shape index (κ1) is 20.5. The predicted octanol–water partition coefficient (Wildman–Crippen LogP) is 4.20. The minimum atomic E-state index is -0.145. The summed E-state index contributed by atoms with van der Waals surface area (Å²) in [5.74, 6) is 1.57. The van der Waals surface area contributed by atoms with E-state index >= 15 is 0 Å². The molecule has 1 saturated carbocycles. The molecule has 1 amide bonds. The molecule has 1 atom stereocenters. The van der Waals surface area contributed by atoms with Gasteiger partial charge in [0.25, 0.3) is 0 Å². The lowest BCUT2D eigenvalue weighted by molar-refractivity contribution is -0.123. The molecule has 1 N–H and O–H groups in total. The van der Waals surface area contributed by atoms with Crippen LogP contribution < -0.4 is 14.8 Å². The predicted molar refractivity (Wildman–Crippen MR) is 111 cm³/mol. The fraction of sp³-hybridized carbons (Fsp3) is 0.409. The monoisotopic (exact) mass is 402 g/mol. The van der Waals surface area contributed by atoms with Crippen LogP contribution >= 0.6 is 11.6 Å². The van der Waals surface area contributed by atoms with Crippen LogP contribution in [0.4, 0.5) is 0 Å². The zero-order valence-electron chi connectivity index (χ0n) is 16.6. The van der Waals surface area contributed by atoms with Gasteiger partial charge in [0.05, 0.1) is 26.8 Å². The number of benzene rings is 2. The summed E-state index contributed by atoms with van der Waals surface area (Å²) in [6.45, 7) is 2.92. The van der Waals surface area contributed by atoms with E-state index in [1.807, 2.05) is 49.4 Å². The normalized spacial score (nSPS) is 14.6. The summed E-state index contributed by atoms with van der Waals surface area (Å²) < 4.78 is 10.8. The van der Waals surface area contributed by atoms with Crippen molar-refractivity contribution in [3.8, 4) is 11.5 Å². The van der Waals surface area contributed by atoms with E-state index in [0.29, 0.717) is 24.2 Å². The van der Waals surface area contributed by atoms with Gasteiger partial charge in [0.2, 0.25) is 5.91 Å². The summed E-state index contributed by atoms with van der Waals surface area (Å²) in [6, 6.07) is 13.6. The van der Waals surface area contributed by atoms with Crippen LogP contribution in [0, 0.1) is 0 Å².